The number of nitrogens with zero attached hydrogens (tertiary/aromatic N) is 1. The number of hydrogen-bond donors (Lipinski definition) is 2. The molecular formula is C16H23F3IN3O. The Balaban J connectivity index is 0.00000288. The first kappa shape index (κ1) is 20.9. The monoisotopic (exact) mass is 457 g/mol. The largest absolute Gasteiger partial charge is 0.484 e. The summed E-state index contributed by atoms with van der Waals surface area (Å²) in [6.45, 7) is 1.45. The molecule has 0 bridgehead atoms. The molecule has 136 valence electrons. The van der Waals surface area contributed by atoms with Gasteiger partial charge in [0.05, 0.1) is 6.54 Å². The number of nitrogens with one attached hydrogen (secondary N) is 1. The first-order valence-electron chi connectivity index (χ1n) is 7.66. The van der Waals surface area contributed by atoms with Crippen LogP contribution in [0.5, 0.6) is 5.75 Å². The minimum absolute atomic E-state index is 0. The van der Waals surface area contributed by atoms with Crippen LogP contribution in [0.1, 0.15) is 30.4 Å². The smallest absolute Gasteiger partial charge is 0.422 e. The molecule has 1 aromatic rings. The number of nitrogens with two attached hydrogens (primary N) is 1. The van der Waals surface area contributed by atoms with E-state index in [4.69, 9.17) is 10.5 Å². The van der Waals surface area contributed by atoms with Crippen LogP contribution >= 0.6 is 24.0 Å². The Kier molecular flexibility index (Phi) is 8.11. The predicted octanol–water partition coefficient (Wildman–Crippen LogP) is 3.76. The third-order valence-corrected chi connectivity index (χ3v) is 3.83. The van der Waals surface area contributed by atoms with Gasteiger partial charge in [0.1, 0.15) is 5.75 Å². The molecule has 1 saturated carbocycles. The molecule has 0 spiro atoms. The molecular weight excluding hydrogens is 434 g/mol. The maximum absolute atomic E-state index is 12.3. The molecule has 1 fully saturated rings. The molecule has 24 heavy (non-hydrogen) atoms. The number of ether oxygens (including phenoxy) is 1. The Morgan fingerprint density at radius 2 is 2.08 bits per heavy atom. The van der Waals surface area contributed by atoms with Gasteiger partial charge in [0, 0.05) is 12.1 Å². The Morgan fingerprint density at radius 3 is 2.67 bits per heavy atom. The lowest BCUT2D eigenvalue weighted by Gasteiger charge is -2.25. The summed E-state index contributed by atoms with van der Waals surface area (Å²) < 4.78 is 41.8. The van der Waals surface area contributed by atoms with Crippen molar-refractivity contribution >= 4 is 29.9 Å². The van der Waals surface area contributed by atoms with Crippen LogP contribution in [0.25, 0.3) is 0 Å². The number of aliphatic imine (C=N–C) groups is 1. The van der Waals surface area contributed by atoms with Gasteiger partial charge in [-0.15, -0.1) is 24.0 Å². The van der Waals surface area contributed by atoms with E-state index in [-0.39, 0.29) is 36.3 Å². The third-order valence-electron chi connectivity index (χ3n) is 3.83. The quantitative estimate of drug-likeness (QED) is 0.389. The van der Waals surface area contributed by atoms with Crippen LogP contribution in [0.15, 0.2) is 23.2 Å². The van der Waals surface area contributed by atoms with Crippen molar-refractivity contribution in [3.63, 3.8) is 0 Å². The van der Waals surface area contributed by atoms with Crippen molar-refractivity contribution in [3.05, 3.63) is 29.3 Å². The van der Waals surface area contributed by atoms with Gasteiger partial charge >= 0.3 is 6.18 Å². The van der Waals surface area contributed by atoms with Gasteiger partial charge in [0.25, 0.3) is 0 Å². The summed E-state index contributed by atoms with van der Waals surface area (Å²) in [6, 6.07) is 5.10. The Labute approximate surface area is 157 Å². The lowest BCUT2D eigenvalue weighted by atomic mass is 9.85. The maximum Gasteiger partial charge on any atom is 0.422 e. The number of guanidine groups is 1. The van der Waals surface area contributed by atoms with Crippen LogP contribution in [-0.2, 0) is 6.54 Å². The number of aryl methyl sites for hydroxylation is 1. The zero-order valence-corrected chi connectivity index (χ0v) is 15.9. The van der Waals surface area contributed by atoms with E-state index < -0.39 is 12.8 Å². The third kappa shape index (κ3) is 7.14. The van der Waals surface area contributed by atoms with Crippen LogP contribution in [0, 0.1) is 12.8 Å². The van der Waals surface area contributed by atoms with Gasteiger partial charge in [-0.3, -0.25) is 0 Å². The van der Waals surface area contributed by atoms with Gasteiger partial charge in [-0.25, -0.2) is 4.99 Å². The minimum Gasteiger partial charge on any atom is -0.484 e. The second kappa shape index (κ2) is 9.33. The molecule has 0 saturated heterocycles. The van der Waals surface area contributed by atoms with Crippen molar-refractivity contribution in [2.45, 2.75) is 38.9 Å². The highest BCUT2D eigenvalue weighted by atomic mass is 127. The van der Waals surface area contributed by atoms with Gasteiger partial charge < -0.3 is 15.8 Å². The first-order valence-corrected chi connectivity index (χ1v) is 7.66. The summed E-state index contributed by atoms with van der Waals surface area (Å²) in [5, 5.41) is 3.05. The van der Waals surface area contributed by atoms with Crippen LogP contribution < -0.4 is 15.8 Å². The van der Waals surface area contributed by atoms with Crippen molar-refractivity contribution in [3.8, 4) is 5.75 Å². The van der Waals surface area contributed by atoms with Gasteiger partial charge in [0.2, 0.25) is 0 Å². The fourth-order valence-corrected chi connectivity index (χ4v) is 2.26. The van der Waals surface area contributed by atoms with E-state index in [1.54, 1.807) is 19.1 Å². The number of rotatable bonds is 6. The SMILES string of the molecule is Cc1ccc(CN=C(N)NCC2CCC2)c(OCC(F)(F)F)c1.I. The summed E-state index contributed by atoms with van der Waals surface area (Å²) in [5.41, 5.74) is 7.19. The molecule has 1 aromatic carbocycles. The summed E-state index contributed by atoms with van der Waals surface area (Å²) in [6.07, 6.45) is -0.707. The predicted molar refractivity (Wildman–Crippen MR) is 98.8 cm³/mol. The van der Waals surface area contributed by atoms with Gasteiger partial charge in [0.15, 0.2) is 12.6 Å². The summed E-state index contributed by atoms with van der Waals surface area (Å²) in [7, 11) is 0. The molecule has 1 aliphatic rings. The normalized spacial score (nSPS) is 15.4. The van der Waals surface area contributed by atoms with Crippen molar-refractivity contribution in [1.29, 1.82) is 0 Å². The van der Waals surface area contributed by atoms with E-state index in [0.29, 0.717) is 17.4 Å². The number of benzene rings is 1. The molecule has 0 radical (unpaired) electrons. The van der Waals surface area contributed by atoms with E-state index in [2.05, 4.69) is 10.3 Å². The van der Waals surface area contributed by atoms with Gasteiger partial charge in [-0.2, -0.15) is 13.2 Å². The molecule has 0 atom stereocenters. The van der Waals surface area contributed by atoms with E-state index in [1.165, 1.54) is 19.3 Å². The van der Waals surface area contributed by atoms with Crippen molar-refractivity contribution in [2.24, 2.45) is 16.6 Å². The molecule has 4 nitrogen and oxygen atoms in total. The zero-order chi connectivity index (χ0) is 16.9. The Hall–Kier alpha value is -1.19. The van der Waals surface area contributed by atoms with Gasteiger partial charge in [-0.05, 0) is 37.3 Å². The topological polar surface area (TPSA) is 59.6 Å². The van der Waals surface area contributed by atoms with Crippen LogP contribution in [0.2, 0.25) is 0 Å². The highest BCUT2D eigenvalue weighted by Crippen LogP contribution is 2.25. The fraction of sp³-hybridized carbons (Fsp3) is 0.562. The maximum atomic E-state index is 12.3. The molecule has 3 N–H and O–H groups in total. The Bertz CT molecular complexity index is 560. The number of alkyl halides is 3. The molecule has 1 aliphatic carbocycles. The van der Waals surface area contributed by atoms with E-state index in [1.807, 2.05) is 6.07 Å². The second-order valence-corrected chi connectivity index (χ2v) is 5.89. The fourth-order valence-electron chi connectivity index (χ4n) is 2.26. The highest BCUT2D eigenvalue weighted by Gasteiger charge is 2.28. The Morgan fingerprint density at radius 1 is 1.38 bits per heavy atom. The van der Waals surface area contributed by atoms with Crippen LogP contribution in [-0.4, -0.2) is 25.3 Å². The average molecular weight is 457 g/mol. The van der Waals surface area contributed by atoms with Gasteiger partial charge in [-0.1, -0.05) is 18.6 Å². The molecule has 8 heteroatoms. The lowest BCUT2D eigenvalue weighted by molar-refractivity contribution is -0.153. The molecule has 0 amide bonds. The highest BCUT2D eigenvalue weighted by molar-refractivity contribution is 14.0. The number of hydrogen-bond acceptors (Lipinski definition) is 2. The van der Waals surface area contributed by atoms with Crippen molar-refractivity contribution in [1.82, 2.24) is 5.32 Å². The lowest BCUT2D eigenvalue weighted by Crippen LogP contribution is -2.37. The molecule has 0 aliphatic heterocycles. The number of halogens is 4. The standard InChI is InChI=1S/C16H22F3N3O.HI/c1-11-5-6-13(14(7-11)23-10-16(17,18)19)9-22-15(20)21-8-12-3-2-4-12;/h5-7,12H,2-4,8-10H2,1H3,(H3,20,21,22);1H. The van der Waals surface area contributed by atoms with E-state index >= 15 is 0 Å². The van der Waals surface area contributed by atoms with Crippen molar-refractivity contribution < 1.29 is 17.9 Å². The summed E-state index contributed by atoms with van der Waals surface area (Å²) in [4.78, 5) is 4.18. The molecule has 0 aromatic heterocycles. The van der Waals surface area contributed by atoms with Crippen LogP contribution in [0.4, 0.5) is 13.2 Å². The first-order chi connectivity index (χ1) is 10.8. The summed E-state index contributed by atoms with van der Waals surface area (Å²) in [5.74, 6) is 1.14. The molecule has 0 unspecified atom stereocenters. The molecule has 2 rings (SSSR count). The van der Waals surface area contributed by atoms with E-state index in [9.17, 15) is 13.2 Å². The summed E-state index contributed by atoms with van der Waals surface area (Å²) >= 11 is 0. The van der Waals surface area contributed by atoms with E-state index in [0.717, 1.165) is 12.1 Å². The van der Waals surface area contributed by atoms with Crippen LogP contribution in [0.3, 0.4) is 0 Å². The average Bonchev–Trinajstić information content (AvgIpc) is 2.41. The second-order valence-electron chi connectivity index (χ2n) is 5.89. The minimum atomic E-state index is -4.37. The zero-order valence-electron chi connectivity index (χ0n) is 13.5. The molecule has 0 heterocycles. The van der Waals surface area contributed by atoms with Crippen molar-refractivity contribution in [2.75, 3.05) is 13.2 Å².